The second-order valence-corrected chi connectivity index (χ2v) is 5.04. The fourth-order valence-corrected chi connectivity index (χ4v) is 3.11. The first-order chi connectivity index (χ1) is 7.09. The molecule has 2 rings (SSSR count). The molecule has 3 nitrogen and oxygen atoms in total. The summed E-state index contributed by atoms with van der Waals surface area (Å²) in [5.74, 6) is 1.09. The largest absolute Gasteiger partial charge is 0.339 e. The lowest BCUT2D eigenvalue weighted by molar-refractivity contribution is -0.141. The van der Waals surface area contributed by atoms with Crippen molar-refractivity contribution >= 4 is 11.7 Å². The van der Waals surface area contributed by atoms with Crippen molar-refractivity contribution in [2.45, 2.75) is 45.6 Å². The minimum Gasteiger partial charge on any atom is -0.339 e. The number of hydrogen-bond acceptors (Lipinski definition) is 2. The van der Waals surface area contributed by atoms with Crippen LogP contribution in [0.3, 0.4) is 0 Å². The highest BCUT2D eigenvalue weighted by Crippen LogP contribution is 2.35. The van der Waals surface area contributed by atoms with Gasteiger partial charge < -0.3 is 4.90 Å². The van der Waals surface area contributed by atoms with E-state index < -0.39 is 0 Å². The highest BCUT2D eigenvalue weighted by atomic mass is 16.2. The Morgan fingerprint density at radius 3 is 2.87 bits per heavy atom. The molecule has 0 aromatic rings. The Morgan fingerprint density at radius 1 is 1.47 bits per heavy atom. The van der Waals surface area contributed by atoms with Gasteiger partial charge in [0.2, 0.25) is 5.91 Å². The van der Waals surface area contributed by atoms with Crippen LogP contribution in [0, 0.1) is 11.8 Å². The maximum absolute atomic E-state index is 11.9. The molecule has 1 aliphatic carbocycles. The molecule has 1 amide bonds. The highest BCUT2D eigenvalue weighted by molar-refractivity contribution is 5.84. The fraction of sp³-hybridized carbons (Fsp3) is 0.833. The first-order valence-corrected chi connectivity index (χ1v) is 5.89. The van der Waals surface area contributed by atoms with Crippen LogP contribution in [0.4, 0.5) is 0 Å². The van der Waals surface area contributed by atoms with Crippen LogP contribution in [0.5, 0.6) is 0 Å². The molecule has 1 saturated heterocycles. The molecule has 2 fully saturated rings. The summed E-state index contributed by atoms with van der Waals surface area (Å²) < 4.78 is 0. The van der Waals surface area contributed by atoms with Gasteiger partial charge in [-0.15, -0.1) is 0 Å². The molecule has 84 valence electrons. The van der Waals surface area contributed by atoms with Crippen LogP contribution in [0.15, 0.2) is 0 Å². The Morgan fingerprint density at radius 2 is 2.20 bits per heavy atom. The number of carbonyl (C=O) groups excluding carboxylic acids is 2. The number of Topliss-reactive ketones (excluding diaryl/α,β-unsaturated/α-hetero) is 1. The van der Waals surface area contributed by atoms with E-state index in [0.717, 1.165) is 25.8 Å². The van der Waals surface area contributed by atoms with Gasteiger partial charge >= 0.3 is 0 Å². The normalized spacial score (nSPS) is 36.3. The molecule has 0 N–H and O–H groups in total. The maximum Gasteiger partial charge on any atom is 0.219 e. The van der Waals surface area contributed by atoms with Crippen molar-refractivity contribution in [2.75, 3.05) is 6.54 Å². The zero-order valence-electron chi connectivity index (χ0n) is 9.53. The van der Waals surface area contributed by atoms with E-state index in [9.17, 15) is 9.59 Å². The van der Waals surface area contributed by atoms with E-state index in [2.05, 4.69) is 6.92 Å². The van der Waals surface area contributed by atoms with E-state index in [0.29, 0.717) is 18.1 Å². The van der Waals surface area contributed by atoms with Gasteiger partial charge in [0.15, 0.2) is 0 Å². The lowest BCUT2D eigenvalue weighted by Gasteiger charge is -2.44. The van der Waals surface area contributed by atoms with Crippen molar-refractivity contribution in [3.63, 3.8) is 0 Å². The number of fused-ring (bicyclic) bond motifs is 1. The monoisotopic (exact) mass is 209 g/mol. The smallest absolute Gasteiger partial charge is 0.219 e. The highest BCUT2D eigenvalue weighted by Gasteiger charge is 2.41. The predicted molar refractivity (Wildman–Crippen MR) is 57.3 cm³/mol. The van der Waals surface area contributed by atoms with Gasteiger partial charge in [-0.2, -0.15) is 0 Å². The standard InChI is InChI=1S/C12H19NO2/c1-8-6-11-10(12(15)7-8)4-3-5-13(11)9(2)14/h8,10-11H,3-7H2,1-2H3/t8-,10-,11+/m0/s1. The Balaban J connectivity index is 2.18. The molecule has 0 aromatic carbocycles. The number of ketones is 1. The van der Waals surface area contributed by atoms with Crippen LogP contribution in [0.25, 0.3) is 0 Å². The van der Waals surface area contributed by atoms with Gasteiger partial charge in [-0.3, -0.25) is 9.59 Å². The average Bonchev–Trinajstić information content (AvgIpc) is 2.16. The summed E-state index contributed by atoms with van der Waals surface area (Å²) in [4.78, 5) is 25.3. The Bertz CT molecular complexity index is 281. The van der Waals surface area contributed by atoms with Crippen LogP contribution in [0.1, 0.15) is 39.5 Å². The van der Waals surface area contributed by atoms with Crippen molar-refractivity contribution in [3.8, 4) is 0 Å². The molecule has 0 bridgehead atoms. The first kappa shape index (κ1) is 10.7. The van der Waals surface area contributed by atoms with Gasteiger partial charge in [0.25, 0.3) is 0 Å². The minimum absolute atomic E-state index is 0.131. The quantitative estimate of drug-likeness (QED) is 0.608. The first-order valence-electron chi connectivity index (χ1n) is 5.89. The van der Waals surface area contributed by atoms with Crippen LogP contribution in [-0.4, -0.2) is 29.2 Å². The van der Waals surface area contributed by atoms with Gasteiger partial charge in [0, 0.05) is 31.8 Å². The number of amides is 1. The van der Waals surface area contributed by atoms with E-state index in [-0.39, 0.29) is 17.9 Å². The van der Waals surface area contributed by atoms with E-state index in [4.69, 9.17) is 0 Å². The van der Waals surface area contributed by atoms with Gasteiger partial charge in [0.05, 0.1) is 0 Å². The molecule has 3 atom stereocenters. The summed E-state index contributed by atoms with van der Waals surface area (Å²) in [5.41, 5.74) is 0. The molecule has 1 heterocycles. The number of piperidine rings is 1. The zero-order valence-corrected chi connectivity index (χ0v) is 9.53. The lowest BCUT2D eigenvalue weighted by Crippen LogP contribution is -2.53. The molecular weight excluding hydrogens is 190 g/mol. The molecule has 15 heavy (non-hydrogen) atoms. The van der Waals surface area contributed by atoms with Crippen molar-refractivity contribution < 1.29 is 9.59 Å². The van der Waals surface area contributed by atoms with Crippen LogP contribution >= 0.6 is 0 Å². The topological polar surface area (TPSA) is 37.4 Å². The second-order valence-electron chi connectivity index (χ2n) is 5.04. The summed E-state index contributed by atoms with van der Waals surface area (Å²) in [6, 6.07) is 0.201. The third-order valence-corrected chi connectivity index (χ3v) is 3.79. The zero-order chi connectivity index (χ0) is 11.0. The summed E-state index contributed by atoms with van der Waals surface area (Å²) in [6.45, 7) is 4.57. The third-order valence-electron chi connectivity index (χ3n) is 3.79. The summed E-state index contributed by atoms with van der Waals surface area (Å²) >= 11 is 0. The second kappa shape index (κ2) is 3.95. The van der Waals surface area contributed by atoms with Crippen LogP contribution < -0.4 is 0 Å². The van der Waals surface area contributed by atoms with E-state index in [1.807, 2.05) is 4.90 Å². The van der Waals surface area contributed by atoms with Crippen molar-refractivity contribution in [1.82, 2.24) is 4.90 Å². The van der Waals surface area contributed by atoms with Gasteiger partial charge in [-0.1, -0.05) is 6.92 Å². The number of nitrogens with zero attached hydrogens (tertiary/aromatic N) is 1. The molecule has 0 aromatic heterocycles. The van der Waals surface area contributed by atoms with Gasteiger partial charge in [0.1, 0.15) is 5.78 Å². The van der Waals surface area contributed by atoms with E-state index in [1.54, 1.807) is 6.92 Å². The third kappa shape index (κ3) is 1.92. The number of hydrogen-bond donors (Lipinski definition) is 0. The maximum atomic E-state index is 11.9. The molecule has 0 unspecified atom stereocenters. The summed E-state index contributed by atoms with van der Waals surface area (Å²) in [6.07, 6.45) is 3.70. The number of rotatable bonds is 0. The predicted octanol–water partition coefficient (Wildman–Crippen LogP) is 1.61. The molecular formula is C12H19NO2. The van der Waals surface area contributed by atoms with Crippen molar-refractivity contribution in [2.24, 2.45) is 11.8 Å². The van der Waals surface area contributed by atoms with Crippen LogP contribution in [0.2, 0.25) is 0 Å². The molecule has 1 saturated carbocycles. The van der Waals surface area contributed by atoms with Crippen LogP contribution in [-0.2, 0) is 9.59 Å². The minimum atomic E-state index is 0.131. The van der Waals surface area contributed by atoms with Crippen molar-refractivity contribution in [1.29, 1.82) is 0 Å². The average molecular weight is 209 g/mol. The lowest BCUT2D eigenvalue weighted by atomic mass is 9.73. The van der Waals surface area contributed by atoms with E-state index >= 15 is 0 Å². The molecule has 0 spiro atoms. The molecule has 2 aliphatic rings. The number of carbonyl (C=O) groups is 2. The molecule has 0 radical (unpaired) electrons. The Kier molecular flexibility index (Phi) is 2.81. The van der Waals surface area contributed by atoms with Gasteiger partial charge in [-0.05, 0) is 25.2 Å². The summed E-state index contributed by atoms with van der Waals surface area (Å²) in [5, 5.41) is 0. The van der Waals surface area contributed by atoms with Crippen molar-refractivity contribution in [3.05, 3.63) is 0 Å². The Labute approximate surface area is 90.8 Å². The fourth-order valence-electron chi connectivity index (χ4n) is 3.11. The number of likely N-dealkylation sites (tertiary alicyclic amines) is 1. The van der Waals surface area contributed by atoms with Gasteiger partial charge in [-0.25, -0.2) is 0 Å². The Hall–Kier alpha value is -0.860. The summed E-state index contributed by atoms with van der Waals surface area (Å²) in [7, 11) is 0. The SMILES string of the molecule is CC(=O)N1CCC[C@@H]2C(=O)C[C@@H](C)C[C@H]21. The van der Waals surface area contributed by atoms with E-state index in [1.165, 1.54) is 0 Å². The molecule has 3 heteroatoms. The molecule has 1 aliphatic heterocycles.